The van der Waals surface area contributed by atoms with Crippen molar-refractivity contribution < 1.29 is 14.4 Å². The predicted octanol–water partition coefficient (Wildman–Crippen LogP) is 5.71. The zero-order valence-electron chi connectivity index (χ0n) is 18.6. The first-order chi connectivity index (χ1) is 13.6. The third-order valence-corrected chi connectivity index (χ3v) is 10.4. The molecule has 1 saturated carbocycles. The number of aryl methyl sites for hydroxylation is 1. The number of hydrogen-bond acceptors (Lipinski definition) is 3. The number of fused-ring (bicyclic) bond motifs is 1. The van der Waals surface area contributed by atoms with Crippen molar-refractivity contribution in [3.63, 3.8) is 0 Å². The van der Waals surface area contributed by atoms with E-state index in [0.29, 0.717) is 17.3 Å². The van der Waals surface area contributed by atoms with E-state index in [1.165, 1.54) is 24.8 Å². The summed E-state index contributed by atoms with van der Waals surface area (Å²) < 4.78 is 13.3. The minimum absolute atomic E-state index is 0.116. The van der Waals surface area contributed by atoms with Gasteiger partial charge in [-0.25, -0.2) is 0 Å². The van der Waals surface area contributed by atoms with Crippen LogP contribution in [0.4, 0.5) is 0 Å². The van der Waals surface area contributed by atoms with Gasteiger partial charge in [0.2, 0.25) is 0 Å². The monoisotopic (exact) mass is 418 g/mol. The van der Waals surface area contributed by atoms with Crippen molar-refractivity contribution in [1.29, 1.82) is 0 Å². The van der Waals surface area contributed by atoms with Gasteiger partial charge >= 0.3 is 0 Å². The van der Waals surface area contributed by atoms with E-state index in [1.807, 2.05) is 0 Å². The summed E-state index contributed by atoms with van der Waals surface area (Å²) in [6, 6.07) is 10.6. The molecule has 0 radical (unpaired) electrons. The Bertz CT molecular complexity index is 757. The van der Waals surface area contributed by atoms with Gasteiger partial charge in [-0.1, -0.05) is 50.5 Å². The molecule has 0 spiro atoms. The summed E-state index contributed by atoms with van der Waals surface area (Å²) in [7, 11) is -2.19. The van der Waals surface area contributed by atoms with Crippen LogP contribution >= 0.6 is 7.11 Å². The fourth-order valence-electron chi connectivity index (χ4n) is 6.01. The highest BCUT2D eigenvalue weighted by atomic mass is 31.2. The highest BCUT2D eigenvalue weighted by Crippen LogP contribution is 2.64. The van der Waals surface area contributed by atoms with Gasteiger partial charge in [-0.2, -0.15) is 0 Å². The average molecular weight is 419 g/mol. The summed E-state index contributed by atoms with van der Waals surface area (Å²) in [5.74, 6) is 0.302. The molecular weight excluding hydrogens is 379 g/mol. The van der Waals surface area contributed by atoms with Crippen molar-refractivity contribution in [3.8, 4) is 0 Å². The molecule has 1 aromatic rings. The Labute approximate surface area is 177 Å². The molecule has 0 aromatic heterocycles. The lowest BCUT2D eigenvalue weighted by molar-refractivity contribution is -0.0856. The van der Waals surface area contributed by atoms with E-state index < -0.39 is 13.0 Å². The van der Waals surface area contributed by atoms with Crippen LogP contribution in [0.25, 0.3) is 0 Å². The zero-order valence-corrected chi connectivity index (χ0v) is 19.5. The highest BCUT2D eigenvalue weighted by molar-refractivity contribution is 7.69. The Morgan fingerprint density at radius 2 is 1.83 bits per heavy atom. The summed E-state index contributed by atoms with van der Waals surface area (Å²) in [6.07, 6.45) is 12.2. The molecule has 3 nitrogen and oxygen atoms in total. The average Bonchev–Trinajstić information content (AvgIpc) is 3.18. The van der Waals surface area contributed by atoms with Crippen LogP contribution in [-0.4, -0.2) is 41.2 Å². The fraction of sp³-hybridized carbons (Fsp3) is 0.720. The van der Waals surface area contributed by atoms with Crippen LogP contribution in [0, 0.1) is 17.3 Å². The normalized spacial score (nSPS) is 40.7. The molecule has 6 unspecified atom stereocenters. The van der Waals surface area contributed by atoms with Crippen molar-refractivity contribution in [2.24, 2.45) is 17.3 Å². The minimum atomic E-state index is -2.19. The second kappa shape index (κ2) is 7.83. The van der Waals surface area contributed by atoms with Gasteiger partial charge < -0.3 is 14.4 Å². The third-order valence-electron chi connectivity index (χ3n) is 7.45. The smallest absolute Gasteiger partial charge is 0.122 e. The van der Waals surface area contributed by atoms with Crippen LogP contribution in [0.2, 0.25) is 0 Å². The van der Waals surface area contributed by atoms with Gasteiger partial charge in [0.15, 0.2) is 0 Å². The van der Waals surface area contributed by atoms with Gasteiger partial charge in [-0.3, -0.25) is 0 Å². The van der Waals surface area contributed by atoms with Gasteiger partial charge in [0.1, 0.15) is 5.85 Å². The Hall–Kier alpha value is -0.600. The van der Waals surface area contributed by atoms with Crippen molar-refractivity contribution in [1.82, 2.24) is 0 Å². The molecule has 2 saturated heterocycles. The minimum Gasteiger partial charge on any atom is -0.384 e. The van der Waals surface area contributed by atoms with E-state index in [0.717, 1.165) is 25.4 Å². The molecule has 162 valence electrons. The Kier molecular flexibility index (Phi) is 5.84. The second-order valence-corrected chi connectivity index (χ2v) is 14.2. The van der Waals surface area contributed by atoms with E-state index in [-0.39, 0.29) is 17.8 Å². The largest absolute Gasteiger partial charge is 0.384 e. The van der Waals surface area contributed by atoms with Crippen LogP contribution in [0.3, 0.4) is 0 Å². The Morgan fingerprint density at radius 3 is 2.48 bits per heavy atom. The molecule has 2 heterocycles. The summed E-state index contributed by atoms with van der Waals surface area (Å²) in [5, 5.41) is 11.3. The third kappa shape index (κ3) is 4.54. The highest BCUT2D eigenvalue weighted by Gasteiger charge is 2.57. The van der Waals surface area contributed by atoms with E-state index >= 15 is 0 Å². The molecule has 3 aliphatic rings. The molecule has 1 aliphatic carbocycles. The van der Waals surface area contributed by atoms with Gasteiger partial charge in [-0.05, 0) is 75.4 Å². The lowest BCUT2D eigenvalue weighted by Gasteiger charge is -2.47. The number of aliphatic hydroxyl groups is 1. The van der Waals surface area contributed by atoms with Crippen molar-refractivity contribution in [2.75, 3.05) is 6.16 Å². The second-order valence-electron chi connectivity index (χ2n) is 11.1. The van der Waals surface area contributed by atoms with Gasteiger partial charge in [-0.15, -0.1) is 0 Å². The van der Waals surface area contributed by atoms with Gasteiger partial charge in [0.25, 0.3) is 0 Å². The molecule has 0 amide bonds. The molecule has 29 heavy (non-hydrogen) atoms. The molecule has 1 aromatic carbocycles. The maximum Gasteiger partial charge on any atom is 0.122 e. The van der Waals surface area contributed by atoms with Crippen LogP contribution in [0.15, 0.2) is 30.3 Å². The molecule has 6 atom stereocenters. The summed E-state index contributed by atoms with van der Waals surface area (Å²) in [6.45, 7) is 9.08. The lowest BCUT2D eigenvalue weighted by Crippen LogP contribution is -2.47. The zero-order chi connectivity index (χ0) is 20.9. The van der Waals surface area contributed by atoms with Crippen LogP contribution in [0.5, 0.6) is 0 Å². The number of hydrogen-bond donors (Lipinski definition) is 1. The van der Waals surface area contributed by atoms with Crippen LogP contribution < -0.4 is 0 Å². The van der Waals surface area contributed by atoms with Crippen LogP contribution in [-0.2, 0) is 15.7 Å². The van der Waals surface area contributed by atoms with Crippen molar-refractivity contribution in [2.45, 2.75) is 89.9 Å². The summed E-state index contributed by atoms with van der Waals surface area (Å²) in [4.78, 5) is 0. The standard InChI is InChI=1S/C25H39O3P/c1-24(2)14-13-19(16-24)21-20-17-25(3,4)27-22(20)23(26)29(5,28-21)15-9-12-18-10-7-6-8-11-18/h6-8,10-11,19-23,26H,5,9,12-17H2,1-4H3. The van der Waals surface area contributed by atoms with E-state index in [1.54, 1.807) is 0 Å². The first-order valence-electron chi connectivity index (χ1n) is 11.4. The molecule has 4 heteroatoms. The SMILES string of the molecule is C=P1(CCCc2ccccc2)OC(C2CCC(C)(C)C2)C2CC(C)(C)OC2C1O. The number of ether oxygens (including phenoxy) is 1. The molecule has 4 rings (SSSR count). The van der Waals surface area contributed by atoms with Gasteiger partial charge in [0, 0.05) is 13.0 Å². The van der Waals surface area contributed by atoms with E-state index in [9.17, 15) is 5.11 Å². The van der Waals surface area contributed by atoms with Crippen molar-refractivity contribution in [3.05, 3.63) is 35.9 Å². The topological polar surface area (TPSA) is 38.7 Å². The first kappa shape index (κ1) is 21.6. The maximum atomic E-state index is 11.3. The van der Waals surface area contributed by atoms with E-state index in [4.69, 9.17) is 9.26 Å². The number of benzene rings is 1. The number of rotatable bonds is 5. The van der Waals surface area contributed by atoms with Gasteiger partial charge in [0.05, 0.1) is 17.8 Å². The van der Waals surface area contributed by atoms with Crippen molar-refractivity contribution >= 4 is 13.4 Å². The lowest BCUT2D eigenvalue weighted by atomic mass is 9.81. The summed E-state index contributed by atoms with van der Waals surface area (Å²) in [5.41, 5.74) is 1.55. The quantitative estimate of drug-likeness (QED) is 0.623. The fourth-order valence-corrected chi connectivity index (χ4v) is 8.83. The molecule has 0 bridgehead atoms. The first-order valence-corrected chi connectivity index (χ1v) is 13.5. The number of aliphatic hydroxyl groups excluding tert-OH is 1. The summed E-state index contributed by atoms with van der Waals surface area (Å²) >= 11 is 0. The molecule has 3 fully saturated rings. The molecule has 1 N–H and O–H groups in total. The van der Waals surface area contributed by atoms with E-state index in [2.05, 4.69) is 64.3 Å². The molecular formula is C25H39O3P. The molecule has 2 aliphatic heterocycles. The predicted molar refractivity (Wildman–Crippen MR) is 123 cm³/mol. The Morgan fingerprint density at radius 1 is 1.10 bits per heavy atom. The van der Waals surface area contributed by atoms with Crippen LogP contribution in [0.1, 0.15) is 65.4 Å². The maximum absolute atomic E-state index is 11.3. The Balaban J connectivity index is 1.52.